The van der Waals surface area contributed by atoms with Gasteiger partial charge in [0.1, 0.15) is 0 Å². The minimum Gasteiger partial charge on any atom is -0.388 e. The van der Waals surface area contributed by atoms with Gasteiger partial charge < -0.3 is 5.32 Å². The summed E-state index contributed by atoms with van der Waals surface area (Å²) in [6.07, 6.45) is 1.85. The summed E-state index contributed by atoms with van der Waals surface area (Å²) in [4.78, 5) is 10.3. The first-order valence-electron chi connectivity index (χ1n) is 7.88. The van der Waals surface area contributed by atoms with Gasteiger partial charge in [-0.1, -0.05) is 23.4 Å². The van der Waals surface area contributed by atoms with Crippen molar-refractivity contribution in [3.8, 4) is 5.69 Å². The fraction of sp³-hybridized carbons (Fsp3) is 0.222. The van der Waals surface area contributed by atoms with Crippen LogP contribution in [0.15, 0.2) is 54.7 Å². The summed E-state index contributed by atoms with van der Waals surface area (Å²) in [5.41, 5.74) is 3.40. The molecule has 7 nitrogen and oxygen atoms in total. The molecule has 128 valence electrons. The van der Waals surface area contributed by atoms with Crippen molar-refractivity contribution in [3.05, 3.63) is 76.1 Å². The van der Waals surface area contributed by atoms with Crippen molar-refractivity contribution < 1.29 is 4.92 Å². The topological polar surface area (TPSA) is 85.9 Å². The lowest BCUT2D eigenvalue weighted by Gasteiger charge is -2.25. The van der Waals surface area contributed by atoms with Crippen LogP contribution in [0.3, 0.4) is 0 Å². The quantitative estimate of drug-likeness (QED) is 0.568. The van der Waals surface area contributed by atoms with E-state index in [2.05, 4.69) is 35.5 Å². The molecular weight excluding hydrogens is 318 g/mol. The molecule has 25 heavy (non-hydrogen) atoms. The molecule has 0 aliphatic heterocycles. The molecule has 7 heteroatoms. The van der Waals surface area contributed by atoms with Gasteiger partial charge in [-0.15, -0.1) is 5.10 Å². The lowest BCUT2D eigenvalue weighted by atomic mass is 9.81. The second-order valence-electron chi connectivity index (χ2n) is 6.24. The maximum Gasteiger partial charge on any atom is 0.269 e. The molecule has 0 saturated heterocycles. The first-order valence-corrected chi connectivity index (χ1v) is 7.88. The van der Waals surface area contributed by atoms with Gasteiger partial charge in [0.05, 0.1) is 22.5 Å². The largest absolute Gasteiger partial charge is 0.388 e. The number of rotatable bonds is 5. The smallest absolute Gasteiger partial charge is 0.269 e. The number of benzene rings is 2. The van der Waals surface area contributed by atoms with Crippen LogP contribution in [0.2, 0.25) is 0 Å². The lowest BCUT2D eigenvalue weighted by Crippen LogP contribution is -2.21. The van der Waals surface area contributed by atoms with Gasteiger partial charge in [-0.05, 0) is 37.6 Å². The molecule has 0 fully saturated rings. The molecule has 3 aromatic rings. The average Bonchev–Trinajstić information content (AvgIpc) is 3.12. The molecule has 0 bridgehead atoms. The molecule has 0 spiro atoms. The predicted molar refractivity (Wildman–Crippen MR) is 96.1 cm³/mol. The van der Waals surface area contributed by atoms with Crippen molar-refractivity contribution >= 4 is 11.4 Å². The van der Waals surface area contributed by atoms with E-state index in [4.69, 9.17) is 0 Å². The molecule has 1 aromatic heterocycles. The van der Waals surface area contributed by atoms with Gasteiger partial charge in [0.2, 0.25) is 0 Å². The molecule has 3 rings (SSSR count). The van der Waals surface area contributed by atoms with Crippen LogP contribution in [0, 0.1) is 10.1 Å². The lowest BCUT2D eigenvalue weighted by molar-refractivity contribution is -0.384. The van der Waals surface area contributed by atoms with Crippen LogP contribution in [-0.4, -0.2) is 27.0 Å². The number of para-hydroxylation sites is 1. The Morgan fingerprint density at radius 1 is 1.12 bits per heavy atom. The molecule has 0 saturated carbocycles. The van der Waals surface area contributed by atoms with Gasteiger partial charge >= 0.3 is 0 Å². The molecule has 0 unspecified atom stereocenters. The Morgan fingerprint density at radius 2 is 1.80 bits per heavy atom. The van der Waals surface area contributed by atoms with Crippen molar-refractivity contribution in [2.24, 2.45) is 0 Å². The number of non-ortho nitro benzene ring substituents is 1. The molecule has 0 amide bonds. The second-order valence-corrected chi connectivity index (χ2v) is 6.24. The molecule has 0 atom stereocenters. The van der Waals surface area contributed by atoms with Crippen molar-refractivity contribution in [1.82, 2.24) is 15.0 Å². The summed E-state index contributed by atoms with van der Waals surface area (Å²) in [7, 11) is 1.89. The monoisotopic (exact) mass is 337 g/mol. The van der Waals surface area contributed by atoms with Crippen LogP contribution in [0.25, 0.3) is 5.69 Å². The van der Waals surface area contributed by atoms with E-state index in [0.29, 0.717) is 0 Å². The van der Waals surface area contributed by atoms with E-state index in [-0.39, 0.29) is 11.1 Å². The minimum atomic E-state index is -0.422. The zero-order valence-corrected chi connectivity index (χ0v) is 14.3. The number of nitrogens with one attached hydrogen (secondary N) is 1. The number of nitrogens with zero attached hydrogens (tertiary/aromatic N) is 4. The Hall–Kier alpha value is -3.22. The maximum absolute atomic E-state index is 10.8. The molecule has 1 N–H and O–H groups in total. The highest BCUT2D eigenvalue weighted by Gasteiger charge is 2.29. The predicted octanol–water partition coefficient (Wildman–Crippen LogP) is 3.54. The summed E-state index contributed by atoms with van der Waals surface area (Å²) in [5, 5.41) is 22.5. The summed E-state index contributed by atoms with van der Waals surface area (Å²) >= 11 is 0. The van der Waals surface area contributed by atoms with Crippen molar-refractivity contribution in [2.45, 2.75) is 19.3 Å². The molecule has 1 heterocycles. The Bertz CT molecular complexity index is 900. The molecule has 0 aliphatic rings. The van der Waals surface area contributed by atoms with E-state index < -0.39 is 4.92 Å². The number of hydrogen-bond acceptors (Lipinski definition) is 5. The fourth-order valence-corrected chi connectivity index (χ4v) is 2.79. The van der Waals surface area contributed by atoms with Crippen molar-refractivity contribution in [2.75, 3.05) is 12.4 Å². The zero-order valence-electron chi connectivity index (χ0n) is 14.3. The van der Waals surface area contributed by atoms with Crippen molar-refractivity contribution in [3.63, 3.8) is 0 Å². The Labute approximate surface area is 145 Å². The standard InChI is InChI=1S/C18H19N5O2/c1-18(2,15-6-4-5-7-16(15)19-3)17-12-22(21-20-17)13-8-10-14(11-9-13)23(24)25/h4-12,19H,1-3H3. The van der Waals surface area contributed by atoms with Crippen LogP contribution >= 0.6 is 0 Å². The minimum absolute atomic E-state index is 0.0485. The van der Waals surface area contributed by atoms with E-state index in [9.17, 15) is 10.1 Å². The Kier molecular flexibility index (Phi) is 4.22. The normalized spacial score (nSPS) is 11.3. The highest BCUT2D eigenvalue weighted by Crippen LogP contribution is 2.34. The highest BCUT2D eigenvalue weighted by atomic mass is 16.6. The van der Waals surface area contributed by atoms with Gasteiger partial charge in [0, 0.05) is 30.3 Å². The van der Waals surface area contributed by atoms with Crippen molar-refractivity contribution in [1.29, 1.82) is 0 Å². The molecule has 0 aliphatic carbocycles. The third-order valence-electron chi connectivity index (χ3n) is 4.33. The van der Waals surface area contributed by atoms with E-state index in [1.54, 1.807) is 16.8 Å². The summed E-state index contributed by atoms with van der Waals surface area (Å²) in [5.74, 6) is 0. The van der Waals surface area contributed by atoms with E-state index >= 15 is 0 Å². The van der Waals surface area contributed by atoms with Gasteiger partial charge in [0.15, 0.2) is 0 Å². The van der Waals surface area contributed by atoms with Gasteiger partial charge in [-0.3, -0.25) is 10.1 Å². The average molecular weight is 337 g/mol. The summed E-state index contributed by atoms with van der Waals surface area (Å²) < 4.78 is 1.63. The highest BCUT2D eigenvalue weighted by molar-refractivity contribution is 5.56. The number of aromatic nitrogens is 3. The van der Waals surface area contributed by atoms with Gasteiger partial charge in [-0.2, -0.15) is 0 Å². The van der Waals surface area contributed by atoms with Crippen LogP contribution in [-0.2, 0) is 5.41 Å². The summed E-state index contributed by atoms with van der Waals surface area (Å²) in [6.45, 7) is 4.18. The second kappa shape index (κ2) is 6.35. The van der Waals surface area contributed by atoms with E-state index in [1.165, 1.54) is 12.1 Å². The first-order chi connectivity index (χ1) is 11.9. The van der Waals surface area contributed by atoms with Crippen LogP contribution in [0.4, 0.5) is 11.4 Å². The number of nitro groups is 1. The van der Waals surface area contributed by atoms with Crippen LogP contribution in [0.1, 0.15) is 25.1 Å². The molecule has 2 aromatic carbocycles. The van der Waals surface area contributed by atoms with Crippen LogP contribution < -0.4 is 5.32 Å². The fourth-order valence-electron chi connectivity index (χ4n) is 2.79. The number of hydrogen-bond donors (Lipinski definition) is 1. The summed E-state index contributed by atoms with van der Waals surface area (Å²) in [6, 6.07) is 14.3. The van der Waals surface area contributed by atoms with E-state index in [1.807, 2.05) is 31.4 Å². The molecule has 0 radical (unpaired) electrons. The van der Waals surface area contributed by atoms with Gasteiger partial charge in [-0.25, -0.2) is 4.68 Å². The Balaban J connectivity index is 1.96. The SMILES string of the molecule is CNc1ccccc1C(C)(C)c1cn(-c2ccc([N+](=O)[O-])cc2)nn1. The first kappa shape index (κ1) is 16.6. The molecular formula is C18H19N5O2. The number of nitro benzene ring substituents is 1. The Morgan fingerprint density at radius 3 is 2.44 bits per heavy atom. The van der Waals surface area contributed by atoms with Gasteiger partial charge in [0.25, 0.3) is 5.69 Å². The van der Waals surface area contributed by atoms with E-state index in [0.717, 1.165) is 22.6 Å². The third-order valence-corrected chi connectivity index (χ3v) is 4.33. The maximum atomic E-state index is 10.8. The third kappa shape index (κ3) is 3.08. The van der Waals surface area contributed by atoms with Crippen LogP contribution in [0.5, 0.6) is 0 Å². The number of anilines is 1. The zero-order chi connectivity index (χ0) is 18.0.